The molecule has 4 heteroatoms. The highest BCUT2D eigenvalue weighted by molar-refractivity contribution is 6.01. The summed E-state index contributed by atoms with van der Waals surface area (Å²) in [5.41, 5.74) is 0.536. The van der Waals surface area contributed by atoms with E-state index in [9.17, 15) is 4.79 Å². The van der Waals surface area contributed by atoms with E-state index in [0.29, 0.717) is 23.5 Å². The standard InChI is InChI=1S/C13H19NO3/c1-14-9-5-6-10(15)13-11(16-2)7-4-8-12(13)17-3/h4,7-8,14H,5-6,9H2,1-3H3. The predicted octanol–water partition coefficient (Wildman–Crippen LogP) is 1.89. The van der Waals surface area contributed by atoms with Gasteiger partial charge in [0.05, 0.1) is 14.2 Å². The Balaban J connectivity index is 2.89. The van der Waals surface area contributed by atoms with E-state index in [-0.39, 0.29) is 5.78 Å². The van der Waals surface area contributed by atoms with Crippen LogP contribution in [0.4, 0.5) is 0 Å². The molecule has 0 aromatic heterocycles. The second-order valence-corrected chi connectivity index (χ2v) is 3.67. The SMILES string of the molecule is CNCCCC(=O)c1c(OC)cccc1OC. The minimum atomic E-state index is 0.0505. The summed E-state index contributed by atoms with van der Waals surface area (Å²) in [5.74, 6) is 1.19. The number of carbonyl (C=O) groups excluding carboxylic acids is 1. The zero-order chi connectivity index (χ0) is 12.7. The summed E-state index contributed by atoms with van der Waals surface area (Å²) in [7, 11) is 4.98. The fourth-order valence-electron chi connectivity index (χ4n) is 1.68. The smallest absolute Gasteiger partial charge is 0.170 e. The van der Waals surface area contributed by atoms with Crippen LogP contribution in [0.15, 0.2) is 18.2 Å². The summed E-state index contributed by atoms with van der Waals surface area (Å²) in [4.78, 5) is 12.1. The Bertz CT molecular complexity index is 355. The molecule has 0 spiro atoms. The largest absolute Gasteiger partial charge is 0.496 e. The molecule has 4 nitrogen and oxygen atoms in total. The average Bonchev–Trinajstić information content (AvgIpc) is 2.37. The van der Waals surface area contributed by atoms with Gasteiger partial charge in [0.15, 0.2) is 5.78 Å². The van der Waals surface area contributed by atoms with Crippen molar-refractivity contribution in [3.05, 3.63) is 23.8 Å². The van der Waals surface area contributed by atoms with Crippen LogP contribution in [0.2, 0.25) is 0 Å². The van der Waals surface area contributed by atoms with E-state index in [1.807, 2.05) is 13.1 Å². The molecule has 0 unspecified atom stereocenters. The maximum atomic E-state index is 12.1. The number of hydrogen-bond acceptors (Lipinski definition) is 4. The van der Waals surface area contributed by atoms with Gasteiger partial charge in [-0.15, -0.1) is 0 Å². The maximum absolute atomic E-state index is 12.1. The van der Waals surface area contributed by atoms with Crippen LogP contribution >= 0.6 is 0 Å². The van der Waals surface area contributed by atoms with Crippen molar-refractivity contribution in [2.24, 2.45) is 0 Å². The van der Waals surface area contributed by atoms with Crippen molar-refractivity contribution in [2.45, 2.75) is 12.8 Å². The van der Waals surface area contributed by atoms with Crippen LogP contribution in [0.25, 0.3) is 0 Å². The van der Waals surface area contributed by atoms with Crippen molar-refractivity contribution >= 4 is 5.78 Å². The molecule has 0 radical (unpaired) electrons. The Kier molecular flexibility index (Phi) is 5.49. The fourth-order valence-corrected chi connectivity index (χ4v) is 1.68. The van der Waals surface area contributed by atoms with Crippen molar-refractivity contribution in [1.29, 1.82) is 0 Å². The highest BCUT2D eigenvalue weighted by Gasteiger charge is 2.17. The van der Waals surface area contributed by atoms with E-state index >= 15 is 0 Å². The molecule has 94 valence electrons. The Morgan fingerprint density at radius 1 is 1.24 bits per heavy atom. The molecule has 0 amide bonds. The van der Waals surface area contributed by atoms with Crippen molar-refractivity contribution in [3.63, 3.8) is 0 Å². The number of hydrogen-bond donors (Lipinski definition) is 1. The Morgan fingerprint density at radius 2 is 1.82 bits per heavy atom. The highest BCUT2D eigenvalue weighted by atomic mass is 16.5. The van der Waals surface area contributed by atoms with Crippen molar-refractivity contribution in [3.8, 4) is 11.5 Å². The summed E-state index contributed by atoms with van der Waals surface area (Å²) in [6.45, 7) is 0.823. The van der Waals surface area contributed by atoms with Crippen molar-refractivity contribution in [2.75, 3.05) is 27.8 Å². The van der Waals surface area contributed by atoms with Gasteiger partial charge in [0.2, 0.25) is 0 Å². The average molecular weight is 237 g/mol. The summed E-state index contributed by atoms with van der Waals surface area (Å²) in [6, 6.07) is 5.35. The van der Waals surface area contributed by atoms with E-state index in [1.165, 1.54) is 0 Å². The first kappa shape index (κ1) is 13.5. The van der Waals surface area contributed by atoms with E-state index in [2.05, 4.69) is 5.32 Å². The van der Waals surface area contributed by atoms with Crippen LogP contribution < -0.4 is 14.8 Å². The van der Waals surface area contributed by atoms with Gasteiger partial charge in [-0.05, 0) is 32.1 Å². The van der Waals surface area contributed by atoms with Crippen LogP contribution in [0.1, 0.15) is 23.2 Å². The molecule has 0 atom stereocenters. The molecule has 1 aromatic carbocycles. The second-order valence-electron chi connectivity index (χ2n) is 3.67. The van der Waals surface area contributed by atoms with Crippen LogP contribution in [0, 0.1) is 0 Å². The van der Waals surface area contributed by atoms with Gasteiger partial charge in [-0.3, -0.25) is 4.79 Å². The number of ether oxygens (including phenoxy) is 2. The predicted molar refractivity (Wildman–Crippen MR) is 67.0 cm³/mol. The molecule has 0 saturated heterocycles. The summed E-state index contributed by atoms with van der Waals surface area (Å²) >= 11 is 0. The quantitative estimate of drug-likeness (QED) is 0.581. The first-order chi connectivity index (χ1) is 8.24. The van der Waals surface area contributed by atoms with Crippen molar-refractivity contribution < 1.29 is 14.3 Å². The van der Waals surface area contributed by atoms with Gasteiger partial charge in [0.25, 0.3) is 0 Å². The normalized spacial score (nSPS) is 10.1. The van der Waals surface area contributed by atoms with Crippen molar-refractivity contribution in [1.82, 2.24) is 5.32 Å². The number of Topliss-reactive ketones (excluding diaryl/α,β-unsaturated/α-hetero) is 1. The Morgan fingerprint density at radius 3 is 2.29 bits per heavy atom. The lowest BCUT2D eigenvalue weighted by Gasteiger charge is -2.11. The first-order valence-electron chi connectivity index (χ1n) is 5.63. The molecule has 0 aliphatic rings. The van der Waals surface area contributed by atoms with Gasteiger partial charge in [-0.2, -0.15) is 0 Å². The topological polar surface area (TPSA) is 47.6 Å². The van der Waals surface area contributed by atoms with E-state index < -0.39 is 0 Å². The summed E-state index contributed by atoms with van der Waals surface area (Å²) in [5, 5.41) is 3.02. The summed E-state index contributed by atoms with van der Waals surface area (Å²) < 4.78 is 10.4. The summed E-state index contributed by atoms with van der Waals surface area (Å²) in [6.07, 6.45) is 1.29. The molecule has 0 fully saturated rings. The third kappa shape index (κ3) is 3.46. The number of benzene rings is 1. The van der Waals surface area contributed by atoms with Gasteiger partial charge < -0.3 is 14.8 Å². The zero-order valence-corrected chi connectivity index (χ0v) is 10.6. The lowest BCUT2D eigenvalue weighted by molar-refractivity contribution is 0.0974. The molecular weight excluding hydrogens is 218 g/mol. The van der Waals surface area contributed by atoms with Gasteiger partial charge in [-0.25, -0.2) is 0 Å². The van der Waals surface area contributed by atoms with E-state index in [0.717, 1.165) is 13.0 Å². The number of carbonyl (C=O) groups is 1. The Hall–Kier alpha value is -1.55. The number of ketones is 1. The number of methoxy groups -OCH3 is 2. The highest BCUT2D eigenvalue weighted by Crippen LogP contribution is 2.29. The van der Waals surface area contributed by atoms with Crippen LogP contribution in [0.5, 0.6) is 11.5 Å². The molecule has 17 heavy (non-hydrogen) atoms. The molecular formula is C13H19NO3. The van der Waals surface area contributed by atoms with Crippen LogP contribution in [0.3, 0.4) is 0 Å². The molecule has 0 aliphatic heterocycles. The Labute approximate surface area is 102 Å². The molecule has 1 rings (SSSR count). The minimum Gasteiger partial charge on any atom is -0.496 e. The molecule has 1 aromatic rings. The third-order valence-corrected chi connectivity index (χ3v) is 2.54. The molecule has 1 N–H and O–H groups in total. The minimum absolute atomic E-state index is 0.0505. The fraction of sp³-hybridized carbons (Fsp3) is 0.462. The lowest BCUT2D eigenvalue weighted by Crippen LogP contribution is -2.11. The maximum Gasteiger partial charge on any atom is 0.170 e. The molecule has 0 saturated carbocycles. The van der Waals surface area contributed by atoms with Crippen LogP contribution in [-0.4, -0.2) is 33.6 Å². The second kappa shape index (κ2) is 6.91. The lowest BCUT2D eigenvalue weighted by atomic mass is 10.0. The number of nitrogens with one attached hydrogen (secondary N) is 1. The van der Waals surface area contributed by atoms with Gasteiger partial charge in [0.1, 0.15) is 17.1 Å². The van der Waals surface area contributed by atoms with Crippen LogP contribution in [-0.2, 0) is 0 Å². The monoisotopic (exact) mass is 237 g/mol. The zero-order valence-electron chi connectivity index (χ0n) is 10.6. The van der Waals surface area contributed by atoms with E-state index in [4.69, 9.17) is 9.47 Å². The van der Waals surface area contributed by atoms with Gasteiger partial charge in [-0.1, -0.05) is 6.07 Å². The van der Waals surface area contributed by atoms with E-state index in [1.54, 1.807) is 26.4 Å². The van der Waals surface area contributed by atoms with Gasteiger partial charge >= 0.3 is 0 Å². The molecule has 0 heterocycles. The first-order valence-corrected chi connectivity index (χ1v) is 5.63. The number of rotatable bonds is 7. The third-order valence-electron chi connectivity index (χ3n) is 2.54. The van der Waals surface area contributed by atoms with Gasteiger partial charge in [0, 0.05) is 6.42 Å². The molecule has 0 bridgehead atoms. The molecule has 0 aliphatic carbocycles.